The Labute approximate surface area is 100 Å². The van der Waals surface area contributed by atoms with E-state index in [1.165, 1.54) is 6.33 Å². The molecule has 0 aliphatic rings. The number of nitrogens with zero attached hydrogens (tertiary/aromatic N) is 3. The summed E-state index contributed by atoms with van der Waals surface area (Å²) in [5.41, 5.74) is 1.14. The summed E-state index contributed by atoms with van der Waals surface area (Å²) in [5, 5.41) is 7.12. The van der Waals surface area contributed by atoms with Crippen LogP contribution < -0.4 is 10.1 Å². The molecule has 17 heavy (non-hydrogen) atoms. The summed E-state index contributed by atoms with van der Waals surface area (Å²) in [5.74, 6) is 1.69. The number of ether oxygens (including phenoxy) is 1. The van der Waals surface area contributed by atoms with Crippen molar-refractivity contribution in [1.82, 2.24) is 20.1 Å². The van der Waals surface area contributed by atoms with Gasteiger partial charge in [-0.05, 0) is 13.1 Å². The maximum Gasteiger partial charge on any atom is 0.164 e. The first-order valence-electron chi connectivity index (χ1n) is 5.49. The van der Waals surface area contributed by atoms with Crippen molar-refractivity contribution in [3.63, 3.8) is 0 Å². The topological polar surface area (TPSA) is 52.0 Å². The lowest BCUT2D eigenvalue weighted by Gasteiger charge is -2.10. The zero-order chi connectivity index (χ0) is 12.1. The van der Waals surface area contributed by atoms with Gasteiger partial charge in [0.25, 0.3) is 0 Å². The Balaban J connectivity index is 2.06. The van der Waals surface area contributed by atoms with Crippen molar-refractivity contribution in [2.24, 2.45) is 7.05 Å². The number of nitrogens with one attached hydrogen (secondary N) is 1. The van der Waals surface area contributed by atoms with Gasteiger partial charge in [0.05, 0.1) is 0 Å². The van der Waals surface area contributed by atoms with Crippen molar-refractivity contribution in [1.29, 1.82) is 0 Å². The van der Waals surface area contributed by atoms with Gasteiger partial charge in [0.15, 0.2) is 5.82 Å². The molecule has 2 aromatic rings. The second kappa shape index (κ2) is 5.45. The highest BCUT2D eigenvalue weighted by Gasteiger charge is 2.05. The first kappa shape index (κ1) is 11.6. The van der Waals surface area contributed by atoms with E-state index < -0.39 is 0 Å². The zero-order valence-corrected chi connectivity index (χ0v) is 10.1. The molecule has 0 saturated heterocycles. The van der Waals surface area contributed by atoms with Gasteiger partial charge in [-0.15, -0.1) is 0 Å². The van der Waals surface area contributed by atoms with Gasteiger partial charge in [-0.2, -0.15) is 5.10 Å². The standard InChI is InChI=1S/C12H16N4O/c1-13-7-10-5-3-4-6-11(10)17-8-12-14-9-15-16(12)2/h3-6,9,13H,7-8H2,1-2H3. The van der Waals surface area contributed by atoms with Crippen LogP contribution in [0.1, 0.15) is 11.4 Å². The summed E-state index contributed by atoms with van der Waals surface area (Å²) in [6.07, 6.45) is 1.53. The van der Waals surface area contributed by atoms with Gasteiger partial charge in [0, 0.05) is 19.2 Å². The molecule has 0 bridgehead atoms. The minimum Gasteiger partial charge on any atom is -0.485 e. The van der Waals surface area contributed by atoms with E-state index in [2.05, 4.69) is 15.4 Å². The van der Waals surface area contributed by atoms with Crippen LogP contribution in [-0.4, -0.2) is 21.8 Å². The van der Waals surface area contributed by atoms with Crippen molar-refractivity contribution in [2.75, 3.05) is 7.05 Å². The predicted molar refractivity (Wildman–Crippen MR) is 64.5 cm³/mol. The zero-order valence-electron chi connectivity index (χ0n) is 10.1. The van der Waals surface area contributed by atoms with Crippen LogP contribution in [0.4, 0.5) is 0 Å². The molecule has 5 nitrogen and oxygen atoms in total. The van der Waals surface area contributed by atoms with Gasteiger partial charge in [0.1, 0.15) is 18.7 Å². The normalized spacial score (nSPS) is 10.5. The third-order valence-corrected chi connectivity index (χ3v) is 2.50. The van der Waals surface area contributed by atoms with Crippen LogP contribution in [0.15, 0.2) is 30.6 Å². The number of benzene rings is 1. The van der Waals surface area contributed by atoms with E-state index in [0.717, 1.165) is 23.7 Å². The lowest BCUT2D eigenvalue weighted by atomic mass is 10.2. The van der Waals surface area contributed by atoms with E-state index in [4.69, 9.17) is 4.74 Å². The molecule has 0 aliphatic carbocycles. The highest BCUT2D eigenvalue weighted by molar-refractivity contribution is 5.33. The average molecular weight is 232 g/mol. The van der Waals surface area contributed by atoms with E-state index >= 15 is 0 Å². The van der Waals surface area contributed by atoms with E-state index in [1.54, 1.807) is 4.68 Å². The van der Waals surface area contributed by atoms with Gasteiger partial charge in [-0.25, -0.2) is 4.98 Å². The van der Waals surface area contributed by atoms with Crippen molar-refractivity contribution in [3.05, 3.63) is 42.0 Å². The van der Waals surface area contributed by atoms with E-state index in [0.29, 0.717) is 6.61 Å². The van der Waals surface area contributed by atoms with Gasteiger partial charge in [-0.1, -0.05) is 18.2 Å². The fourth-order valence-corrected chi connectivity index (χ4v) is 1.57. The van der Waals surface area contributed by atoms with Crippen LogP contribution in [0.2, 0.25) is 0 Å². The largest absolute Gasteiger partial charge is 0.485 e. The van der Waals surface area contributed by atoms with Gasteiger partial charge >= 0.3 is 0 Å². The minimum atomic E-state index is 0.428. The molecule has 0 unspecified atom stereocenters. The number of hydrogen-bond donors (Lipinski definition) is 1. The van der Waals surface area contributed by atoms with Crippen molar-refractivity contribution < 1.29 is 4.74 Å². The minimum absolute atomic E-state index is 0.428. The molecule has 0 spiro atoms. The Bertz CT molecular complexity index is 481. The molecular formula is C12H16N4O. The average Bonchev–Trinajstić information content (AvgIpc) is 2.74. The molecular weight excluding hydrogens is 216 g/mol. The van der Waals surface area contributed by atoms with Crippen LogP contribution in [0, 0.1) is 0 Å². The van der Waals surface area contributed by atoms with E-state index in [9.17, 15) is 0 Å². The van der Waals surface area contributed by atoms with E-state index in [-0.39, 0.29) is 0 Å². The number of aryl methyl sites for hydroxylation is 1. The quantitative estimate of drug-likeness (QED) is 0.839. The molecule has 0 amide bonds. The second-order valence-corrected chi connectivity index (χ2v) is 3.73. The summed E-state index contributed by atoms with van der Waals surface area (Å²) in [6, 6.07) is 7.97. The van der Waals surface area contributed by atoms with Crippen molar-refractivity contribution in [3.8, 4) is 5.75 Å². The Morgan fingerprint density at radius 2 is 2.18 bits per heavy atom. The molecule has 1 heterocycles. The maximum atomic E-state index is 5.75. The Morgan fingerprint density at radius 1 is 1.35 bits per heavy atom. The van der Waals surface area contributed by atoms with E-state index in [1.807, 2.05) is 38.4 Å². The molecule has 1 N–H and O–H groups in total. The lowest BCUT2D eigenvalue weighted by molar-refractivity contribution is 0.286. The van der Waals surface area contributed by atoms with Gasteiger partial charge < -0.3 is 10.1 Å². The molecule has 2 rings (SSSR count). The number of hydrogen-bond acceptors (Lipinski definition) is 4. The first-order chi connectivity index (χ1) is 8.31. The summed E-state index contributed by atoms with van der Waals surface area (Å²) in [6.45, 7) is 1.21. The Kier molecular flexibility index (Phi) is 3.72. The van der Waals surface area contributed by atoms with Crippen molar-refractivity contribution in [2.45, 2.75) is 13.2 Å². The number of para-hydroxylation sites is 1. The van der Waals surface area contributed by atoms with Crippen LogP contribution >= 0.6 is 0 Å². The molecule has 0 radical (unpaired) electrons. The smallest absolute Gasteiger partial charge is 0.164 e. The molecule has 0 atom stereocenters. The molecule has 1 aromatic heterocycles. The summed E-state index contributed by atoms with van der Waals surface area (Å²) in [7, 11) is 3.77. The fourth-order valence-electron chi connectivity index (χ4n) is 1.57. The van der Waals surface area contributed by atoms with Gasteiger partial charge in [-0.3, -0.25) is 4.68 Å². The van der Waals surface area contributed by atoms with Crippen molar-refractivity contribution >= 4 is 0 Å². The monoisotopic (exact) mass is 232 g/mol. The van der Waals surface area contributed by atoms with Crippen LogP contribution in [0.25, 0.3) is 0 Å². The van der Waals surface area contributed by atoms with Crippen LogP contribution in [-0.2, 0) is 20.2 Å². The molecule has 0 fully saturated rings. The molecule has 90 valence electrons. The van der Waals surface area contributed by atoms with Gasteiger partial charge in [0.2, 0.25) is 0 Å². The Hall–Kier alpha value is -1.88. The number of aromatic nitrogens is 3. The van der Waals surface area contributed by atoms with Crippen LogP contribution in [0.5, 0.6) is 5.75 Å². The summed E-state index contributed by atoms with van der Waals surface area (Å²) < 4.78 is 7.46. The van der Waals surface area contributed by atoms with Crippen LogP contribution in [0.3, 0.4) is 0 Å². The summed E-state index contributed by atoms with van der Waals surface area (Å²) in [4.78, 5) is 4.12. The summed E-state index contributed by atoms with van der Waals surface area (Å²) >= 11 is 0. The maximum absolute atomic E-state index is 5.75. The lowest BCUT2D eigenvalue weighted by Crippen LogP contribution is -2.09. The SMILES string of the molecule is CNCc1ccccc1OCc1ncnn1C. The third-order valence-electron chi connectivity index (χ3n) is 2.50. The molecule has 0 saturated carbocycles. The first-order valence-corrected chi connectivity index (χ1v) is 5.49. The predicted octanol–water partition coefficient (Wildman–Crippen LogP) is 1.11. The number of rotatable bonds is 5. The Morgan fingerprint density at radius 3 is 2.88 bits per heavy atom. The highest BCUT2D eigenvalue weighted by atomic mass is 16.5. The third kappa shape index (κ3) is 2.82. The fraction of sp³-hybridized carbons (Fsp3) is 0.333. The molecule has 5 heteroatoms. The highest BCUT2D eigenvalue weighted by Crippen LogP contribution is 2.18. The second-order valence-electron chi connectivity index (χ2n) is 3.73. The molecule has 0 aliphatic heterocycles. The molecule has 1 aromatic carbocycles.